The molecule has 0 aromatic carbocycles. The zero-order valence-corrected chi connectivity index (χ0v) is 9.97. The molecule has 0 aromatic heterocycles. The number of nitrogens with one attached hydrogen (secondary N) is 2. The number of likely N-dealkylation sites (N-methyl/N-ethyl adjacent to an activating group) is 1. The van der Waals surface area contributed by atoms with Crippen LogP contribution >= 0.6 is 0 Å². The minimum atomic E-state index is 0.658. The molecule has 2 rings (SSSR count). The van der Waals surface area contributed by atoms with Crippen LogP contribution in [0.3, 0.4) is 0 Å². The highest BCUT2D eigenvalue weighted by Gasteiger charge is 2.18. The second-order valence-corrected chi connectivity index (χ2v) is 5.20. The van der Waals surface area contributed by atoms with E-state index in [9.17, 15) is 0 Å². The fourth-order valence-corrected chi connectivity index (χ4v) is 2.49. The predicted octanol–water partition coefficient (Wildman–Crippen LogP) is 0.670. The number of piperazine rings is 1. The second-order valence-electron chi connectivity index (χ2n) is 5.20. The zero-order chi connectivity index (χ0) is 10.5. The zero-order valence-electron chi connectivity index (χ0n) is 9.97. The molecule has 15 heavy (non-hydrogen) atoms. The van der Waals surface area contributed by atoms with Crippen LogP contribution in [-0.4, -0.2) is 50.7 Å². The molecule has 1 saturated carbocycles. The van der Waals surface area contributed by atoms with Crippen LogP contribution in [0.1, 0.15) is 25.7 Å². The van der Waals surface area contributed by atoms with Crippen molar-refractivity contribution in [1.82, 2.24) is 15.5 Å². The van der Waals surface area contributed by atoms with Crippen LogP contribution in [0, 0.1) is 5.92 Å². The number of nitrogens with zero attached hydrogens (tertiary/aromatic N) is 1. The van der Waals surface area contributed by atoms with Gasteiger partial charge in [-0.1, -0.05) is 19.3 Å². The molecule has 1 aliphatic carbocycles. The topological polar surface area (TPSA) is 27.3 Å². The molecule has 0 aromatic rings. The molecule has 3 heteroatoms. The van der Waals surface area contributed by atoms with Gasteiger partial charge < -0.3 is 15.5 Å². The Morgan fingerprint density at radius 2 is 2.27 bits per heavy atom. The third-order valence-electron chi connectivity index (χ3n) is 3.80. The average Bonchev–Trinajstić information content (AvgIpc) is 2.15. The molecular weight excluding hydrogens is 186 g/mol. The van der Waals surface area contributed by atoms with Crippen molar-refractivity contribution in [2.24, 2.45) is 5.92 Å². The van der Waals surface area contributed by atoms with Crippen LogP contribution in [0.25, 0.3) is 0 Å². The van der Waals surface area contributed by atoms with Crippen LogP contribution in [0.4, 0.5) is 0 Å². The minimum Gasteiger partial charge on any atom is -0.315 e. The van der Waals surface area contributed by atoms with Gasteiger partial charge >= 0.3 is 0 Å². The van der Waals surface area contributed by atoms with Crippen LogP contribution in [0.5, 0.6) is 0 Å². The normalized spacial score (nSPS) is 29.0. The Hall–Kier alpha value is -0.120. The van der Waals surface area contributed by atoms with E-state index in [1.54, 1.807) is 0 Å². The maximum atomic E-state index is 3.59. The monoisotopic (exact) mass is 211 g/mol. The summed E-state index contributed by atoms with van der Waals surface area (Å²) in [6, 6.07) is 0.658. The van der Waals surface area contributed by atoms with Crippen molar-refractivity contribution in [3.63, 3.8) is 0 Å². The second kappa shape index (κ2) is 5.83. The molecule has 1 aliphatic heterocycles. The maximum Gasteiger partial charge on any atom is 0.0320 e. The van der Waals surface area contributed by atoms with Crippen molar-refractivity contribution in [2.75, 3.05) is 39.8 Å². The van der Waals surface area contributed by atoms with Crippen molar-refractivity contribution in [2.45, 2.75) is 31.7 Å². The maximum absolute atomic E-state index is 3.59. The Labute approximate surface area is 93.6 Å². The summed E-state index contributed by atoms with van der Waals surface area (Å²) in [5, 5.41) is 7.15. The van der Waals surface area contributed by atoms with E-state index in [1.807, 2.05) is 0 Å². The van der Waals surface area contributed by atoms with E-state index in [0.717, 1.165) is 19.0 Å². The van der Waals surface area contributed by atoms with E-state index in [2.05, 4.69) is 22.6 Å². The number of hydrogen-bond donors (Lipinski definition) is 2. The molecule has 0 spiro atoms. The van der Waals surface area contributed by atoms with Gasteiger partial charge in [0.1, 0.15) is 0 Å². The first kappa shape index (κ1) is 11.4. The predicted molar refractivity (Wildman–Crippen MR) is 64.1 cm³/mol. The minimum absolute atomic E-state index is 0.658. The Bertz CT molecular complexity index is 180. The molecule has 88 valence electrons. The molecule has 2 N–H and O–H groups in total. The molecule has 1 unspecified atom stereocenters. The third kappa shape index (κ3) is 3.74. The van der Waals surface area contributed by atoms with E-state index in [0.29, 0.717) is 6.04 Å². The average molecular weight is 211 g/mol. The summed E-state index contributed by atoms with van der Waals surface area (Å²) in [7, 11) is 2.21. The molecule has 0 amide bonds. The fraction of sp³-hybridized carbons (Fsp3) is 1.00. The van der Waals surface area contributed by atoms with E-state index in [4.69, 9.17) is 0 Å². The Balaban J connectivity index is 1.49. The SMILES string of the molecule is CN1CCNC(CNCCC2CCC2)C1. The highest BCUT2D eigenvalue weighted by molar-refractivity contribution is 4.79. The highest BCUT2D eigenvalue weighted by atomic mass is 15.2. The summed E-state index contributed by atoms with van der Waals surface area (Å²) in [5.74, 6) is 1.04. The largest absolute Gasteiger partial charge is 0.315 e. The molecule has 0 radical (unpaired) electrons. The summed E-state index contributed by atoms with van der Waals surface area (Å²) in [6.45, 7) is 5.88. The van der Waals surface area contributed by atoms with E-state index < -0.39 is 0 Å². The van der Waals surface area contributed by atoms with Crippen molar-refractivity contribution in [3.8, 4) is 0 Å². The van der Waals surface area contributed by atoms with Gasteiger partial charge in [-0.2, -0.15) is 0 Å². The lowest BCUT2D eigenvalue weighted by Gasteiger charge is -2.31. The van der Waals surface area contributed by atoms with Gasteiger partial charge in [0.2, 0.25) is 0 Å². The highest BCUT2D eigenvalue weighted by Crippen LogP contribution is 2.28. The van der Waals surface area contributed by atoms with Crippen molar-refractivity contribution >= 4 is 0 Å². The summed E-state index contributed by atoms with van der Waals surface area (Å²) >= 11 is 0. The van der Waals surface area contributed by atoms with Gasteiger partial charge in [-0.25, -0.2) is 0 Å². The van der Waals surface area contributed by atoms with Crippen LogP contribution in [-0.2, 0) is 0 Å². The van der Waals surface area contributed by atoms with Crippen LogP contribution in [0.2, 0.25) is 0 Å². The summed E-state index contributed by atoms with van der Waals surface area (Å²) < 4.78 is 0. The van der Waals surface area contributed by atoms with Crippen molar-refractivity contribution in [1.29, 1.82) is 0 Å². The van der Waals surface area contributed by atoms with Crippen LogP contribution in [0.15, 0.2) is 0 Å². The lowest BCUT2D eigenvalue weighted by atomic mass is 9.83. The van der Waals surface area contributed by atoms with E-state index in [-0.39, 0.29) is 0 Å². The molecule has 2 fully saturated rings. The van der Waals surface area contributed by atoms with Crippen molar-refractivity contribution < 1.29 is 0 Å². The third-order valence-corrected chi connectivity index (χ3v) is 3.80. The first-order valence-electron chi connectivity index (χ1n) is 6.47. The smallest absolute Gasteiger partial charge is 0.0320 e. The first-order valence-corrected chi connectivity index (χ1v) is 6.47. The van der Waals surface area contributed by atoms with Gasteiger partial charge in [-0.05, 0) is 25.9 Å². The first-order chi connectivity index (χ1) is 7.34. The molecule has 1 saturated heterocycles. The number of hydrogen-bond acceptors (Lipinski definition) is 3. The van der Waals surface area contributed by atoms with Gasteiger partial charge in [0.25, 0.3) is 0 Å². The van der Waals surface area contributed by atoms with Gasteiger partial charge in [-0.3, -0.25) is 0 Å². The Morgan fingerprint density at radius 3 is 2.93 bits per heavy atom. The Kier molecular flexibility index (Phi) is 4.42. The van der Waals surface area contributed by atoms with Crippen LogP contribution < -0.4 is 10.6 Å². The number of rotatable bonds is 5. The van der Waals surface area contributed by atoms with Gasteiger partial charge in [0.15, 0.2) is 0 Å². The van der Waals surface area contributed by atoms with Gasteiger partial charge in [0, 0.05) is 32.2 Å². The molecule has 1 heterocycles. The molecule has 1 atom stereocenters. The van der Waals surface area contributed by atoms with E-state index >= 15 is 0 Å². The summed E-state index contributed by atoms with van der Waals surface area (Å²) in [5.41, 5.74) is 0. The summed E-state index contributed by atoms with van der Waals surface area (Å²) in [6.07, 6.45) is 5.82. The standard InChI is InChI=1S/C12H25N3/c1-15-8-7-14-12(10-15)9-13-6-5-11-3-2-4-11/h11-14H,2-10H2,1H3. The summed E-state index contributed by atoms with van der Waals surface area (Å²) in [4.78, 5) is 2.41. The fourth-order valence-electron chi connectivity index (χ4n) is 2.49. The molecule has 2 aliphatic rings. The molecular formula is C12H25N3. The Morgan fingerprint density at radius 1 is 1.40 bits per heavy atom. The molecule has 0 bridgehead atoms. The van der Waals surface area contributed by atoms with Gasteiger partial charge in [-0.15, -0.1) is 0 Å². The van der Waals surface area contributed by atoms with E-state index in [1.165, 1.54) is 45.3 Å². The molecule has 3 nitrogen and oxygen atoms in total. The lowest BCUT2D eigenvalue weighted by molar-refractivity contribution is 0.231. The van der Waals surface area contributed by atoms with Gasteiger partial charge in [0.05, 0.1) is 0 Å². The quantitative estimate of drug-likeness (QED) is 0.655. The van der Waals surface area contributed by atoms with Crippen molar-refractivity contribution in [3.05, 3.63) is 0 Å². The lowest BCUT2D eigenvalue weighted by Crippen LogP contribution is -2.53.